The van der Waals surface area contributed by atoms with Crippen molar-refractivity contribution in [3.63, 3.8) is 0 Å². The van der Waals surface area contributed by atoms with Crippen molar-refractivity contribution in [3.05, 3.63) is 0 Å². The van der Waals surface area contributed by atoms with Crippen LogP contribution in [0.15, 0.2) is 4.99 Å². The lowest BCUT2D eigenvalue weighted by atomic mass is 9.99. The van der Waals surface area contributed by atoms with Crippen LogP contribution in [0.2, 0.25) is 0 Å². The van der Waals surface area contributed by atoms with E-state index in [2.05, 4.69) is 35.7 Å². The minimum absolute atomic E-state index is 0. The smallest absolute Gasteiger partial charge is 0.191 e. The van der Waals surface area contributed by atoms with Crippen molar-refractivity contribution < 1.29 is 4.74 Å². The molecule has 19 heavy (non-hydrogen) atoms. The molecule has 1 aliphatic rings. The topological polar surface area (TPSA) is 45.7 Å². The Labute approximate surface area is 138 Å². The molecule has 114 valence electrons. The van der Waals surface area contributed by atoms with Crippen molar-refractivity contribution in [1.29, 1.82) is 0 Å². The van der Waals surface area contributed by atoms with Crippen LogP contribution in [0, 0.1) is 5.92 Å². The van der Waals surface area contributed by atoms with E-state index in [0.717, 1.165) is 45.1 Å². The van der Waals surface area contributed by atoms with E-state index in [1.165, 1.54) is 0 Å². The van der Waals surface area contributed by atoms with E-state index in [1.54, 1.807) is 0 Å². The molecule has 0 aromatic heterocycles. The second kappa shape index (κ2) is 10.1. The van der Waals surface area contributed by atoms with Crippen LogP contribution < -0.4 is 10.6 Å². The second-order valence-corrected chi connectivity index (χ2v) is 6.47. The average molecular weight is 401 g/mol. The zero-order chi connectivity index (χ0) is 13.4. The van der Waals surface area contributed by atoms with Gasteiger partial charge in [-0.3, -0.25) is 4.99 Å². The molecule has 0 atom stereocenters. The van der Waals surface area contributed by atoms with Gasteiger partial charge in [0.05, 0.1) is 0 Å². The third-order valence-corrected chi connectivity index (χ3v) is 4.74. The van der Waals surface area contributed by atoms with Crippen molar-refractivity contribution in [2.45, 2.75) is 31.4 Å². The first kappa shape index (κ1) is 19.3. The van der Waals surface area contributed by atoms with Crippen LogP contribution in [0.1, 0.15) is 26.7 Å². The van der Waals surface area contributed by atoms with Crippen LogP contribution in [0.4, 0.5) is 0 Å². The van der Waals surface area contributed by atoms with Crippen molar-refractivity contribution >= 4 is 41.7 Å². The number of hydrogen-bond acceptors (Lipinski definition) is 3. The van der Waals surface area contributed by atoms with E-state index in [1.807, 2.05) is 18.8 Å². The Kier molecular flexibility index (Phi) is 10.3. The molecule has 0 aromatic carbocycles. The van der Waals surface area contributed by atoms with Gasteiger partial charge in [-0.1, -0.05) is 13.8 Å². The number of aliphatic imine (C=N–C) groups is 1. The van der Waals surface area contributed by atoms with Gasteiger partial charge in [-0.05, 0) is 25.0 Å². The van der Waals surface area contributed by atoms with E-state index in [-0.39, 0.29) is 24.0 Å². The zero-order valence-corrected chi connectivity index (χ0v) is 15.6. The summed E-state index contributed by atoms with van der Waals surface area (Å²) >= 11 is 1.94. The molecule has 1 aliphatic heterocycles. The number of rotatable bonds is 5. The molecule has 0 aromatic rings. The van der Waals surface area contributed by atoms with Gasteiger partial charge in [0.2, 0.25) is 0 Å². The fraction of sp³-hybridized carbons (Fsp3) is 0.923. The minimum atomic E-state index is 0. The highest BCUT2D eigenvalue weighted by atomic mass is 127. The Bertz CT molecular complexity index is 269. The van der Waals surface area contributed by atoms with Crippen molar-refractivity contribution in [1.82, 2.24) is 10.6 Å². The van der Waals surface area contributed by atoms with Crippen LogP contribution in [0.5, 0.6) is 0 Å². The lowest BCUT2D eigenvalue weighted by molar-refractivity contribution is 0.0783. The number of nitrogens with zero attached hydrogens (tertiary/aromatic N) is 1. The molecular formula is C13H28IN3OS. The summed E-state index contributed by atoms with van der Waals surface area (Å²) in [4.78, 5) is 4.26. The van der Waals surface area contributed by atoms with Gasteiger partial charge < -0.3 is 15.4 Å². The fourth-order valence-corrected chi connectivity index (χ4v) is 2.75. The lowest BCUT2D eigenvalue weighted by Crippen LogP contribution is -2.48. The molecule has 1 rings (SSSR count). The van der Waals surface area contributed by atoms with Gasteiger partial charge in [0, 0.05) is 38.1 Å². The SMILES string of the molecule is CN=C(NCC(C)C)NCC1(SC)CCOCC1.I. The third-order valence-electron chi connectivity index (χ3n) is 3.32. The van der Waals surface area contributed by atoms with Crippen LogP contribution in [-0.4, -0.2) is 50.3 Å². The third kappa shape index (κ3) is 7.04. The van der Waals surface area contributed by atoms with E-state index in [0.29, 0.717) is 10.7 Å². The minimum Gasteiger partial charge on any atom is -0.381 e. The van der Waals surface area contributed by atoms with E-state index < -0.39 is 0 Å². The number of halogens is 1. The highest BCUT2D eigenvalue weighted by Crippen LogP contribution is 2.32. The summed E-state index contributed by atoms with van der Waals surface area (Å²) in [6, 6.07) is 0. The maximum Gasteiger partial charge on any atom is 0.191 e. The molecule has 1 heterocycles. The molecule has 0 saturated carbocycles. The predicted molar refractivity (Wildman–Crippen MR) is 95.9 cm³/mol. The number of ether oxygens (including phenoxy) is 1. The van der Waals surface area contributed by atoms with Crippen molar-refractivity contribution in [3.8, 4) is 0 Å². The highest BCUT2D eigenvalue weighted by molar-refractivity contribution is 14.0. The molecule has 0 bridgehead atoms. The van der Waals surface area contributed by atoms with E-state index in [9.17, 15) is 0 Å². The lowest BCUT2D eigenvalue weighted by Gasteiger charge is -2.36. The van der Waals surface area contributed by atoms with Gasteiger partial charge in [0.15, 0.2) is 5.96 Å². The standard InChI is InChI=1S/C13H27N3OS.HI/c1-11(2)9-15-12(14-3)16-10-13(18-4)5-7-17-8-6-13;/h11H,5-10H2,1-4H3,(H2,14,15,16);1H. The first-order chi connectivity index (χ1) is 8.62. The van der Waals surface area contributed by atoms with Gasteiger partial charge in [-0.15, -0.1) is 24.0 Å². The van der Waals surface area contributed by atoms with Crippen LogP contribution in [0.25, 0.3) is 0 Å². The monoisotopic (exact) mass is 401 g/mol. The molecule has 1 saturated heterocycles. The second-order valence-electron chi connectivity index (χ2n) is 5.20. The van der Waals surface area contributed by atoms with Crippen molar-refractivity contribution in [2.24, 2.45) is 10.9 Å². The summed E-state index contributed by atoms with van der Waals surface area (Å²) in [5, 5.41) is 6.80. The molecule has 2 N–H and O–H groups in total. The van der Waals surface area contributed by atoms with Crippen LogP contribution in [0.3, 0.4) is 0 Å². The quantitative estimate of drug-likeness (QED) is 0.422. The fourth-order valence-electron chi connectivity index (χ4n) is 1.96. The van der Waals surface area contributed by atoms with Gasteiger partial charge >= 0.3 is 0 Å². The number of guanidine groups is 1. The van der Waals surface area contributed by atoms with Crippen LogP contribution >= 0.6 is 35.7 Å². The summed E-state index contributed by atoms with van der Waals surface area (Å²) in [6.07, 6.45) is 4.42. The summed E-state index contributed by atoms with van der Waals surface area (Å²) in [7, 11) is 1.82. The van der Waals surface area contributed by atoms with Gasteiger partial charge in [0.1, 0.15) is 0 Å². The molecule has 1 fully saturated rings. The predicted octanol–water partition coefficient (Wildman–Crippen LogP) is 2.34. The maximum absolute atomic E-state index is 5.45. The Balaban J connectivity index is 0.00000324. The zero-order valence-electron chi connectivity index (χ0n) is 12.5. The number of hydrogen-bond donors (Lipinski definition) is 2. The van der Waals surface area contributed by atoms with Gasteiger partial charge in [0.25, 0.3) is 0 Å². The number of nitrogens with one attached hydrogen (secondary N) is 2. The Morgan fingerprint density at radius 2 is 1.95 bits per heavy atom. The van der Waals surface area contributed by atoms with Gasteiger partial charge in [-0.2, -0.15) is 11.8 Å². The Morgan fingerprint density at radius 3 is 2.42 bits per heavy atom. The molecule has 0 unspecified atom stereocenters. The summed E-state index contributed by atoms with van der Waals surface area (Å²) in [5.74, 6) is 1.53. The highest BCUT2D eigenvalue weighted by Gasteiger charge is 2.31. The average Bonchev–Trinajstić information content (AvgIpc) is 2.40. The van der Waals surface area contributed by atoms with Crippen molar-refractivity contribution in [2.75, 3.05) is 39.6 Å². The van der Waals surface area contributed by atoms with Gasteiger partial charge in [-0.25, -0.2) is 0 Å². The maximum atomic E-state index is 5.45. The Hall–Kier alpha value is 0.310. The normalized spacial score (nSPS) is 18.9. The molecule has 0 amide bonds. The molecule has 4 nitrogen and oxygen atoms in total. The van der Waals surface area contributed by atoms with E-state index in [4.69, 9.17) is 4.74 Å². The molecular weight excluding hydrogens is 373 g/mol. The molecule has 6 heteroatoms. The number of thioether (sulfide) groups is 1. The molecule has 0 radical (unpaired) electrons. The first-order valence-corrected chi connectivity index (χ1v) is 7.92. The largest absolute Gasteiger partial charge is 0.381 e. The van der Waals surface area contributed by atoms with Crippen LogP contribution in [-0.2, 0) is 4.74 Å². The molecule has 0 aliphatic carbocycles. The van der Waals surface area contributed by atoms with E-state index >= 15 is 0 Å². The summed E-state index contributed by atoms with van der Waals surface area (Å²) in [5.41, 5.74) is 0. The molecule has 0 spiro atoms. The summed E-state index contributed by atoms with van der Waals surface area (Å²) in [6.45, 7) is 8.05. The Morgan fingerprint density at radius 1 is 1.32 bits per heavy atom. The summed E-state index contributed by atoms with van der Waals surface area (Å²) < 4.78 is 5.75. The first-order valence-electron chi connectivity index (χ1n) is 6.69.